The van der Waals surface area contributed by atoms with Crippen LogP contribution in [0.2, 0.25) is 0 Å². The summed E-state index contributed by atoms with van der Waals surface area (Å²) in [7, 11) is 0. The molecule has 1 aromatic carbocycles. The van der Waals surface area contributed by atoms with Gasteiger partial charge in [0.2, 0.25) is 0 Å². The summed E-state index contributed by atoms with van der Waals surface area (Å²) in [6.45, 7) is 0. The predicted molar refractivity (Wildman–Crippen MR) is 103 cm³/mol. The summed E-state index contributed by atoms with van der Waals surface area (Å²) >= 11 is 0. The Hall–Kier alpha value is -3.37. The van der Waals surface area contributed by atoms with Gasteiger partial charge in [-0.1, -0.05) is 6.07 Å². The van der Waals surface area contributed by atoms with E-state index in [0.717, 1.165) is 30.0 Å². The lowest BCUT2D eigenvalue weighted by Crippen LogP contribution is -2.37. The third kappa shape index (κ3) is 3.51. The number of amides is 1. The predicted octanol–water partition coefficient (Wildman–Crippen LogP) is 3.45. The minimum Gasteiger partial charge on any atom is -0.332 e. The van der Waals surface area contributed by atoms with Crippen LogP contribution in [-0.2, 0) is 12.6 Å². The Labute approximate surface area is 180 Å². The van der Waals surface area contributed by atoms with E-state index in [-0.39, 0.29) is 35.2 Å². The molecule has 4 heterocycles. The van der Waals surface area contributed by atoms with Gasteiger partial charge >= 0.3 is 6.18 Å². The van der Waals surface area contributed by atoms with Crippen LogP contribution in [0.3, 0.4) is 0 Å². The highest BCUT2D eigenvalue weighted by molar-refractivity contribution is 5.98. The van der Waals surface area contributed by atoms with Crippen LogP contribution in [0.1, 0.15) is 41.0 Å². The van der Waals surface area contributed by atoms with E-state index in [1.165, 1.54) is 24.5 Å². The Morgan fingerprint density at radius 1 is 1.09 bits per heavy atom. The zero-order valence-corrected chi connectivity index (χ0v) is 16.7. The molecule has 32 heavy (non-hydrogen) atoms. The first-order valence-electron chi connectivity index (χ1n) is 10.2. The highest BCUT2D eigenvalue weighted by atomic mass is 19.4. The molecule has 7 nitrogen and oxygen atoms in total. The Bertz CT molecular complexity index is 1130. The van der Waals surface area contributed by atoms with Crippen molar-refractivity contribution in [2.45, 2.75) is 43.9 Å². The van der Waals surface area contributed by atoms with Crippen molar-refractivity contribution in [3.05, 3.63) is 65.8 Å². The van der Waals surface area contributed by atoms with Crippen molar-refractivity contribution in [1.82, 2.24) is 29.9 Å². The van der Waals surface area contributed by atoms with Crippen molar-refractivity contribution in [2.75, 3.05) is 0 Å². The lowest BCUT2D eigenvalue weighted by molar-refractivity contribution is -0.138. The van der Waals surface area contributed by atoms with E-state index in [0.29, 0.717) is 18.7 Å². The molecule has 0 N–H and O–H groups in total. The molecule has 11 heteroatoms. The van der Waals surface area contributed by atoms with Crippen LogP contribution in [0, 0.1) is 11.7 Å². The summed E-state index contributed by atoms with van der Waals surface area (Å²) < 4.78 is 52.8. The number of alkyl halides is 3. The normalized spacial score (nSPS) is 22.5. The molecule has 2 aliphatic heterocycles. The van der Waals surface area contributed by atoms with Gasteiger partial charge in [-0.3, -0.25) is 4.79 Å². The van der Waals surface area contributed by atoms with Crippen molar-refractivity contribution in [2.24, 2.45) is 5.92 Å². The topological polar surface area (TPSA) is 76.8 Å². The van der Waals surface area contributed by atoms with Crippen LogP contribution in [-0.4, -0.2) is 47.9 Å². The van der Waals surface area contributed by atoms with Gasteiger partial charge in [0.25, 0.3) is 5.91 Å². The van der Waals surface area contributed by atoms with E-state index in [2.05, 4.69) is 20.2 Å². The molecule has 0 radical (unpaired) electrons. The van der Waals surface area contributed by atoms with Gasteiger partial charge in [-0.15, -0.1) is 4.80 Å². The fourth-order valence-corrected chi connectivity index (χ4v) is 4.85. The molecule has 3 atom stereocenters. The van der Waals surface area contributed by atoms with Gasteiger partial charge in [-0.2, -0.15) is 23.4 Å². The number of halogens is 4. The third-order valence-electron chi connectivity index (χ3n) is 6.21. The standard InChI is InChI=1S/C21H18F4N6O/c22-16-3-1-2-15(19(16)31-28-6-7-29-31)20(32)30-14-4-5-17(30)12(8-14)9-18-26-10-13(11-27-18)21(23,24)25/h1-3,6-7,10-12,14,17H,4-5,8-9H2. The van der Waals surface area contributed by atoms with E-state index < -0.39 is 17.6 Å². The van der Waals surface area contributed by atoms with Crippen molar-refractivity contribution < 1.29 is 22.4 Å². The molecule has 2 fully saturated rings. The highest BCUT2D eigenvalue weighted by Crippen LogP contribution is 2.44. The summed E-state index contributed by atoms with van der Waals surface area (Å²) in [6.07, 6.45) is 2.56. The van der Waals surface area contributed by atoms with E-state index in [9.17, 15) is 22.4 Å². The number of para-hydroxylation sites is 1. The second-order valence-corrected chi connectivity index (χ2v) is 8.05. The van der Waals surface area contributed by atoms with Crippen molar-refractivity contribution in [3.63, 3.8) is 0 Å². The van der Waals surface area contributed by atoms with Gasteiger partial charge in [-0.25, -0.2) is 14.4 Å². The molecule has 1 amide bonds. The summed E-state index contributed by atoms with van der Waals surface area (Å²) in [6, 6.07) is 4.14. The van der Waals surface area contributed by atoms with Crippen LogP contribution in [0.4, 0.5) is 17.6 Å². The second kappa shape index (κ2) is 7.64. The fourth-order valence-electron chi connectivity index (χ4n) is 4.85. The maximum absolute atomic E-state index is 14.6. The summed E-state index contributed by atoms with van der Waals surface area (Å²) in [5, 5.41) is 7.93. The van der Waals surface area contributed by atoms with E-state index in [1.807, 2.05) is 0 Å². The van der Waals surface area contributed by atoms with E-state index >= 15 is 0 Å². The SMILES string of the molecule is O=C(c1cccc(F)c1-n1nccn1)N1C2CCC1C(Cc1ncc(C(F)(F)F)cn1)C2. The molecule has 0 aliphatic carbocycles. The van der Waals surface area contributed by atoms with Crippen LogP contribution in [0.15, 0.2) is 43.0 Å². The van der Waals surface area contributed by atoms with Gasteiger partial charge in [0.05, 0.1) is 23.5 Å². The van der Waals surface area contributed by atoms with E-state index in [4.69, 9.17) is 0 Å². The number of hydrogen-bond acceptors (Lipinski definition) is 5. The van der Waals surface area contributed by atoms with Crippen LogP contribution >= 0.6 is 0 Å². The Balaban J connectivity index is 1.38. The molecule has 166 valence electrons. The van der Waals surface area contributed by atoms with Gasteiger partial charge in [0, 0.05) is 30.9 Å². The fraction of sp³-hybridized carbons (Fsp3) is 0.381. The van der Waals surface area contributed by atoms with Crippen LogP contribution < -0.4 is 0 Å². The molecular weight excluding hydrogens is 428 g/mol. The molecule has 5 rings (SSSR count). The molecule has 0 spiro atoms. The molecule has 0 saturated carbocycles. The number of carbonyl (C=O) groups excluding carboxylic acids is 1. The maximum Gasteiger partial charge on any atom is 0.419 e. The number of hydrogen-bond donors (Lipinski definition) is 0. The molecule has 2 bridgehead atoms. The molecule has 2 aromatic heterocycles. The number of rotatable bonds is 4. The zero-order valence-electron chi connectivity index (χ0n) is 16.7. The quantitative estimate of drug-likeness (QED) is 0.574. The van der Waals surface area contributed by atoms with Gasteiger partial charge in [0.1, 0.15) is 11.5 Å². The Morgan fingerprint density at radius 2 is 1.81 bits per heavy atom. The number of carbonyl (C=O) groups is 1. The second-order valence-electron chi connectivity index (χ2n) is 8.05. The average molecular weight is 446 g/mol. The first-order chi connectivity index (χ1) is 15.3. The Morgan fingerprint density at radius 3 is 2.50 bits per heavy atom. The lowest BCUT2D eigenvalue weighted by Gasteiger charge is -2.25. The minimum absolute atomic E-state index is 0.00331. The van der Waals surface area contributed by atoms with Crippen molar-refractivity contribution in [3.8, 4) is 5.69 Å². The van der Waals surface area contributed by atoms with Crippen LogP contribution in [0.5, 0.6) is 0 Å². The van der Waals surface area contributed by atoms with E-state index in [1.54, 1.807) is 11.0 Å². The minimum atomic E-state index is -4.49. The molecular formula is C21H18F4N6O. The molecule has 2 saturated heterocycles. The first-order valence-corrected chi connectivity index (χ1v) is 10.2. The Kier molecular flexibility index (Phi) is 4.90. The monoisotopic (exact) mass is 446 g/mol. The summed E-state index contributed by atoms with van der Waals surface area (Å²) in [4.78, 5) is 24.1. The number of nitrogens with zero attached hydrogens (tertiary/aromatic N) is 6. The molecule has 3 aromatic rings. The van der Waals surface area contributed by atoms with Gasteiger partial charge < -0.3 is 4.90 Å². The van der Waals surface area contributed by atoms with Crippen molar-refractivity contribution in [1.29, 1.82) is 0 Å². The van der Waals surface area contributed by atoms with Gasteiger partial charge in [-0.05, 0) is 37.3 Å². The smallest absolute Gasteiger partial charge is 0.332 e. The zero-order chi connectivity index (χ0) is 22.5. The molecule has 3 unspecified atom stereocenters. The average Bonchev–Trinajstić information content (AvgIpc) is 3.49. The maximum atomic E-state index is 14.6. The van der Waals surface area contributed by atoms with Crippen LogP contribution in [0.25, 0.3) is 5.69 Å². The summed E-state index contributed by atoms with van der Waals surface area (Å²) in [5.74, 6) is -0.571. The first kappa shape index (κ1) is 20.5. The number of fused-ring (bicyclic) bond motifs is 2. The van der Waals surface area contributed by atoms with Gasteiger partial charge in [0.15, 0.2) is 5.82 Å². The highest BCUT2D eigenvalue weighted by Gasteiger charge is 2.49. The third-order valence-corrected chi connectivity index (χ3v) is 6.21. The summed E-state index contributed by atoms with van der Waals surface area (Å²) in [5.41, 5.74) is -0.724. The number of benzene rings is 1. The lowest BCUT2D eigenvalue weighted by atomic mass is 9.86. The molecule has 2 aliphatic rings. The largest absolute Gasteiger partial charge is 0.419 e. The van der Waals surface area contributed by atoms with Crippen molar-refractivity contribution >= 4 is 5.91 Å². The number of aromatic nitrogens is 5.